The Morgan fingerprint density at radius 2 is 1.96 bits per heavy atom. The zero-order chi connectivity index (χ0) is 17.0. The van der Waals surface area contributed by atoms with Gasteiger partial charge in [-0.1, -0.05) is 24.0 Å². The average Bonchev–Trinajstić information content (AvgIpc) is 2.75. The van der Waals surface area contributed by atoms with Gasteiger partial charge in [0.2, 0.25) is 0 Å². The summed E-state index contributed by atoms with van der Waals surface area (Å²) in [6, 6.07) is 5.00. The standard InChI is InChI=1S/C15H12FNO4S2/c16-10-5-3-9(4-6-10)11(18)8-12-14(21)17(15(22)23-12)7-1-2-13(19)20/h3-6,8H,1-2,7H2,(H,19,20)/b12-8-. The Kier molecular flexibility index (Phi) is 5.62. The first-order valence-electron chi connectivity index (χ1n) is 6.65. The first kappa shape index (κ1) is 17.3. The van der Waals surface area contributed by atoms with Crippen molar-refractivity contribution in [2.24, 2.45) is 0 Å². The smallest absolute Gasteiger partial charge is 0.303 e. The number of rotatable bonds is 6. The van der Waals surface area contributed by atoms with Crippen molar-refractivity contribution in [2.75, 3.05) is 6.54 Å². The zero-order valence-corrected chi connectivity index (χ0v) is 13.5. The Hall–Kier alpha value is -2.06. The molecule has 0 aliphatic carbocycles. The molecule has 1 fully saturated rings. The monoisotopic (exact) mass is 353 g/mol. The van der Waals surface area contributed by atoms with Crippen molar-refractivity contribution in [1.29, 1.82) is 0 Å². The van der Waals surface area contributed by atoms with Crippen LogP contribution in [0.3, 0.4) is 0 Å². The van der Waals surface area contributed by atoms with Gasteiger partial charge < -0.3 is 5.11 Å². The summed E-state index contributed by atoms with van der Waals surface area (Å²) in [6.07, 6.45) is 1.38. The van der Waals surface area contributed by atoms with Crippen LogP contribution in [0.15, 0.2) is 35.2 Å². The summed E-state index contributed by atoms with van der Waals surface area (Å²) in [5, 5.41) is 8.61. The quantitative estimate of drug-likeness (QED) is 0.481. The number of carboxylic acids is 1. The Bertz CT molecular complexity index is 700. The summed E-state index contributed by atoms with van der Waals surface area (Å²) >= 11 is 6.07. The predicted octanol–water partition coefficient (Wildman–Crippen LogP) is 2.62. The molecule has 0 atom stereocenters. The van der Waals surface area contributed by atoms with E-state index in [0.717, 1.165) is 23.9 Å². The third kappa shape index (κ3) is 4.46. The molecule has 1 aromatic rings. The molecule has 1 aliphatic heterocycles. The largest absolute Gasteiger partial charge is 0.481 e. The molecule has 1 saturated heterocycles. The maximum Gasteiger partial charge on any atom is 0.303 e. The molecule has 0 unspecified atom stereocenters. The van der Waals surface area contributed by atoms with Gasteiger partial charge in [-0.2, -0.15) is 0 Å². The van der Waals surface area contributed by atoms with Crippen LogP contribution in [0.2, 0.25) is 0 Å². The molecule has 0 saturated carbocycles. The second kappa shape index (κ2) is 7.47. The van der Waals surface area contributed by atoms with Gasteiger partial charge in [0.15, 0.2) is 5.78 Å². The highest BCUT2D eigenvalue weighted by Gasteiger charge is 2.32. The molecule has 0 bridgehead atoms. The molecule has 0 aromatic heterocycles. The number of carbonyl (C=O) groups is 3. The highest BCUT2D eigenvalue weighted by atomic mass is 32.2. The fraction of sp³-hybridized carbons (Fsp3) is 0.200. The number of hydrogen-bond donors (Lipinski definition) is 1. The Morgan fingerprint density at radius 3 is 2.57 bits per heavy atom. The second-order valence-electron chi connectivity index (χ2n) is 4.70. The molecule has 1 N–H and O–H groups in total. The summed E-state index contributed by atoms with van der Waals surface area (Å²) in [6.45, 7) is 0.193. The Morgan fingerprint density at radius 1 is 1.30 bits per heavy atom. The normalized spacial score (nSPS) is 16.2. The number of carbonyl (C=O) groups excluding carboxylic acids is 2. The Balaban J connectivity index is 2.07. The third-order valence-corrected chi connectivity index (χ3v) is 4.41. The van der Waals surface area contributed by atoms with Crippen LogP contribution >= 0.6 is 24.0 Å². The van der Waals surface area contributed by atoms with Gasteiger partial charge in [-0.15, -0.1) is 0 Å². The summed E-state index contributed by atoms with van der Waals surface area (Å²) in [4.78, 5) is 36.2. The van der Waals surface area contributed by atoms with Gasteiger partial charge in [0.25, 0.3) is 5.91 Å². The fourth-order valence-corrected chi connectivity index (χ4v) is 3.18. The van der Waals surface area contributed by atoms with Crippen LogP contribution in [0.25, 0.3) is 0 Å². The van der Waals surface area contributed by atoms with Gasteiger partial charge in [0.05, 0.1) is 4.91 Å². The molecular formula is C15H12FNO4S2. The topological polar surface area (TPSA) is 74.7 Å². The van der Waals surface area contributed by atoms with Crippen LogP contribution in [-0.4, -0.2) is 38.5 Å². The van der Waals surface area contributed by atoms with Gasteiger partial charge >= 0.3 is 5.97 Å². The van der Waals surface area contributed by atoms with Crippen molar-refractivity contribution >= 4 is 46.0 Å². The van der Waals surface area contributed by atoms with E-state index in [1.165, 1.54) is 23.1 Å². The lowest BCUT2D eigenvalue weighted by atomic mass is 10.1. The zero-order valence-electron chi connectivity index (χ0n) is 11.8. The molecule has 1 amide bonds. The molecule has 23 heavy (non-hydrogen) atoms. The SMILES string of the molecule is O=C(O)CCCN1C(=O)/C(=C/C(=O)c2ccc(F)cc2)SC1=S. The first-order valence-corrected chi connectivity index (χ1v) is 7.88. The van der Waals surface area contributed by atoms with Crippen molar-refractivity contribution in [1.82, 2.24) is 4.90 Å². The minimum atomic E-state index is -0.947. The van der Waals surface area contributed by atoms with Crippen molar-refractivity contribution in [2.45, 2.75) is 12.8 Å². The first-order chi connectivity index (χ1) is 10.9. The lowest BCUT2D eigenvalue weighted by molar-refractivity contribution is -0.137. The molecule has 1 aromatic carbocycles. The fourth-order valence-electron chi connectivity index (χ4n) is 1.90. The summed E-state index contributed by atoms with van der Waals surface area (Å²) in [7, 11) is 0. The van der Waals surface area contributed by atoms with Gasteiger partial charge in [-0.25, -0.2) is 4.39 Å². The van der Waals surface area contributed by atoms with Gasteiger partial charge in [-0.05, 0) is 30.7 Å². The number of allylic oxidation sites excluding steroid dienone is 1. The van der Waals surface area contributed by atoms with E-state index in [-0.39, 0.29) is 29.9 Å². The van der Waals surface area contributed by atoms with Gasteiger partial charge in [-0.3, -0.25) is 19.3 Å². The number of benzene rings is 1. The average molecular weight is 353 g/mol. The number of ketones is 1. The van der Waals surface area contributed by atoms with Crippen LogP contribution < -0.4 is 0 Å². The van der Waals surface area contributed by atoms with Crippen LogP contribution in [0, 0.1) is 5.82 Å². The Labute approximate surface area is 141 Å². The number of halogens is 1. The molecule has 8 heteroatoms. The van der Waals surface area contributed by atoms with E-state index in [2.05, 4.69) is 0 Å². The molecular weight excluding hydrogens is 341 g/mol. The third-order valence-electron chi connectivity index (χ3n) is 3.04. The molecule has 1 aliphatic rings. The van der Waals surface area contributed by atoms with Crippen molar-refractivity contribution in [3.8, 4) is 0 Å². The van der Waals surface area contributed by atoms with Gasteiger partial charge in [0.1, 0.15) is 10.1 Å². The number of amides is 1. The van der Waals surface area contributed by atoms with E-state index < -0.39 is 23.5 Å². The number of hydrogen-bond acceptors (Lipinski definition) is 5. The molecule has 5 nitrogen and oxygen atoms in total. The lowest BCUT2D eigenvalue weighted by Gasteiger charge is -2.13. The molecule has 2 rings (SSSR count). The molecule has 1 heterocycles. The number of aliphatic carboxylic acids is 1. The van der Waals surface area contributed by atoms with Gasteiger partial charge in [0, 0.05) is 24.6 Å². The maximum atomic E-state index is 12.8. The maximum absolute atomic E-state index is 12.8. The van der Waals surface area contributed by atoms with Crippen molar-refractivity contribution in [3.05, 3.63) is 46.6 Å². The van der Waals surface area contributed by atoms with Crippen LogP contribution in [0.4, 0.5) is 4.39 Å². The predicted molar refractivity (Wildman–Crippen MR) is 87.6 cm³/mol. The van der Waals surface area contributed by atoms with E-state index in [1.807, 2.05) is 0 Å². The highest BCUT2D eigenvalue weighted by molar-refractivity contribution is 8.26. The van der Waals surface area contributed by atoms with Crippen LogP contribution in [-0.2, 0) is 9.59 Å². The number of carboxylic acid groups (broad SMARTS) is 1. The summed E-state index contributed by atoms with van der Waals surface area (Å²) < 4.78 is 13.1. The number of thioether (sulfide) groups is 1. The summed E-state index contributed by atoms with van der Waals surface area (Å²) in [5.41, 5.74) is 0.266. The molecule has 0 spiro atoms. The van der Waals surface area contributed by atoms with Crippen LogP contribution in [0.5, 0.6) is 0 Å². The van der Waals surface area contributed by atoms with E-state index in [1.54, 1.807) is 0 Å². The van der Waals surface area contributed by atoms with E-state index in [4.69, 9.17) is 17.3 Å². The minimum Gasteiger partial charge on any atom is -0.481 e. The van der Waals surface area contributed by atoms with Crippen LogP contribution in [0.1, 0.15) is 23.2 Å². The lowest BCUT2D eigenvalue weighted by Crippen LogP contribution is -2.29. The minimum absolute atomic E-state index is 0.0649. The molecule has 0 radical (unpaired) electrons. The summed E-state index contributed by atoms with van der Waals surface area (Å²) in [5.74, 6) is -2.24. The van der Waals surface area contributed by atoms with E-state index in [9.17, 15) is 18.8 Å². The van der Waals surface area contributed by atoms with E-state index >= 15 is 0 Å². The van der Waals surface area contributed by atoms with Crippen molar-refractivity contribution in [3.63, 3.8) is 0 Å². The molecule has 120 valence electrons. The number of nitrogens with zero attached hydrogens (tertiary/aromatic N) is 1. The number of thiocarbonyl (C=S) groups is 1. The highest BCUT2D eigenvalue weighted by Crippen LogP contribution is 2.31. The second-order valence-corrected chi connectivity index (χ2v) is 6.38. The van der Waals surface area contributed by atoms with E-state index in [0.29, 0.717) is 4.32 Å². The van der Waals surface area contributed by atoms with Crippen molar-refractivity contribution < 1.29 is 23.9 Å².